The fourth-order valence-corrected chi connectivity index (χ4v) is 4.59. The molecule has 2 unspecified atom stereocenters. The molecule has 0 radical (unpaired) electrons. The molecule has 2 atom stereocenters. The predicted molar refractivity (Wildman–Crippen MR) is 110 cm³/mol. The number of rotatable bonds is 4. The number of halogens is 4. The van der Waals surface area contributed by atoms with Gasteiger partial charge in [0.1, 0.15) is 18.1 Å². The van der Waals surface area contributed by atoms with Crippen molar-refractivity contribution < 1.29 is 31.8 Å². The highest BCUT2D eigenvalue weighted by molar-refractivity contribution is 5.96. The van der Waals surface area contributed by atoms with Gasteiger partial charge < -0.3 is 25.0 Å². The highest BCUT2D eigenvalue weighted by Crippen LogP contribution is 2.46. The van der Waals surface area contributed by atoms with Crippen LogP contribution in [0.4, 0.5) is 23.2 Å². The molecule has 0 aromatic heterocycles. The Kier molecular flexibility index (Phi) is 4.87. The molecular formula is C22H20F4N4O3. The van der Waals surface area contributed by atoms with Crippen LogP contribution in [0.15, 0.2) is 41.4 Å². The molecular weight excluding hydrogens is 444 g/mol. The lowest BCUT2D eigenvalue weighted by Crippen LogP contribution is -2.40. The third-order valence-corrected chi connectivity index (χ3v) is 6.19. The predicted octanol–water partition coefficient (Wildman–Crippen LogP) is 3.84. The van der Waals surface area contributed by atoms with Gasteiger partial charge in [0.25, 0.3) is 11.8 Å². The molecule has 1 amide bonds. The number of hydrogen-bond acceptors (Lipinski definition) is 6. The van der Waals surface area contributed by atoms with Gasteiger partial charge in [-0.25, -0.2) is 13.8 Å². The van der Waals surface area contributed by atoms with Crippen molar-refractivity contribution in [3.05, 3.63) is 53.1 Å². The van der Waals surface area contributed by atoms with Crippen molar-refractivity contribution in [2.24, 2.45) is 10.7 Å². The van der Waals surface area contributed by atoms with E-state index in [0.29, 0.717) is 28.1 Å². The SMILES string of the molecule is CN(C(=O)c1ccc2c(c1)C1CC(F)(F)CN1C(N)=N2)C1COc2cc(OC(F)F)ccc21. The van der Waals surface area contributed by atoms with Gasteiger partial charge in [0, 0.05) is 36.2 Å². The first kappa shape index (κ1) is 21.4. The number of alkyl halides is 4. The number of fused-ring (bicyclic) bond motifs is 4. The van der Waals surface area contributed by atoms with Crippen LogP contribution < -0.4 is 15.2 Å². The van der Waals surface area contributed by atoms with Gasteiger partial charge in [0.05, 0.1) is 24.3 Å². The first-order chi connectivity index (χ1) is 15.6. The van der Waals surface area contributed by atoms with Crippen molar-refractivity contribution in [1.29, 1.82) is 0 Å². The maximum Gasteiger partial charge on any atom is 0.387 e. The fraction of sp³-hybridized carbons (Fsp3) is 0.364. The van der Waals surface area contributed by atoms with Crippen LogP contribution in [-0.4, -0.2) is 54.4 Å². The second kappa shape index (κ2) is 7.53. The van der Waals surface area contributed by atoms with Crippen LogP contribution in [0, 0.1) is 0 Å². The van der Waals surface area contributed by atoms with E-state index in [2.05, 4.69) is 9.73 Å². The van der Waals surface area contributed by atoms with Crippen LogP contribution in [0.3, 0.4) is 0 Å². The maximum absolute atomic E-state index is 14.1. The van der Waals surface area contributed by atoms with Gasteiger partial charge in [0.15, 0.2) is 5.96 Å². The molecule has 33 heavy (non-hydrogen) atoms. The summed E-state index contributed by atoms with van der Waals surface area (Å²) in [5, 5.41) is 0. The summed E-state index contributed by atoms with van der Waals surface area (Å²) < 4.78 is 63.0. The molecule has 11 heteroatoms. The normalized spacial score (nSPS) is 22.2. The molecule has 7 nitrogen and oxygen atoms in total. The van der Waals surface area contributed by atoms with Crippen LogP contribution in [0.5, 0.6) is 11.5 Å². The number of carbonyl (C=O) groups excluding carboxylic acids is 1. The number of likely N-dealkylation sites (N-methyl/N-ethyl adjacent to an activating group) is 1. The Morgan fingerprint density at radius 1 is 1.27 bits per heavy atom. The lowest BCUT2D eigenvalue weighted by Gasteiger charge is -2.31. The number of benzene rings is 2. The quantitative estimate of drug-likeness (QED) is 0.696. The van der Waals surface area contributed by atoms with Crippen LogP contribution in [0.25, 0.3) is 0 Å². The topological polar surface area (TPSA) is 80.4 Å². The third-order valence-electron chi connectivity index (χ3n) is 6.19. The van der Waals surface area contributed by atoms with Crippen molar-refractivity contribution in [3.63, 3.8) is 0 Å². The maximum atomic E-state index is 14.1. The minimum Gasteiger partial charge on any atom is -0.491 e. The number of amides is 1. The van der Waals surface area contributed by atoms with E-state index in [1.54, 1.807) is 31.3 Å². The summed E-state index contributed by atoms with van der Waals surface area (Å²) >= 11 is 0. The molecule has 2 N–H and O–H groups in total. The van der Waals surface area contributed by atoms with Crippen molar-refractivity contribution in [3.8, 4) is 11.5 Å². The summed E-state index contributed by atoms with van der Waals surface area (Å²) in [5.41, 5.74) is 7.83. The summed E-state index contributed by atoms with van der Waals surface area (Å²) in [6.45, 7) is -3.33. The van der Waals surface area contributed by atoms with E-state index in [-0.39, 0.29) is 24.2 Å². The van der Waals surface area contributed by atoms with E-state index >= 15 is 0 Å². The zero-order valence-corrected chi connectivity index (χ0v) is 17.5. The fourth-order valence-electron chi connectivity index (χ4n) is 4.59. The molecule has 3 aliphatic heterocycles. The zero-order chi connectivity index (χ0) is 23.5. The van der Waals surface area contributed by atoms with Crippen molar-refractivity contribution >= 4 is 17.6 Å². The summed E-state index contributed by atoms with van der Waals surface area (Å²) in [6, 6.07) is 7.98. The average Bonchev–Trinajstić information content (AvgIpc) is 3.32. The Hall–Kier alpha value is -3.50. The van der Waals surface area contributed by atoms with Gasteiger partial charge in [0.2, 0.25) is 0 Å². The van der Waals surface area contributed by atoms with E-state index in [9.17, 15) is 22.4 Å². The molecule has 1 fully saturated rings. The van der Waals surface area contributed by atoms with Crippen molar-refractivity contribution in [1.82, 2.24) is 9.80 Å². The first-order valence-electron chi connectivity index (χ1n) is 10.2. The molecule has 0 saturated carbocycles. The van der Waals surface area contributed by atoms with E-state index in [1.807, 2.05) is 0 Å². The van der Waals surface area contributed by atoms with Crippen LogP contribution >= 0.6 is 0 Å². The molecule has 2 aromatic rings. The van der Waals surface area contributed by atoms with Crippen LogP contribution in [0.1, 0.15) is 40.0 Å². The summed E-state index contributed by atoms with van der Waals surface area (Å²) in [6.07, 6.45) is -0.406. The highest BCUT2D eigenvalue weighted by Gasteiger charge is 2.48. The Balaban J connectivity index is 1.40. The molecule has 2 aromatic carbocycles. The standard InChI is InChI=1S/C22H20F4N4O3/c1-29(17-9-32-18-7-12(33-20(23)24)3-4-13(17)18)19(31)11-2-5-15-14(6-11)16-8-22(25,26)10-30(16)21(27)28-15/h2-7,16-17,20H,8-10H2,1H3,(H2,27,28). The second-order valence-corrected chi connectivity index (χ2v) is 8.27. The number of nitrogens with two attached hydrogens (primary N) is 1. The molecule has 0 aliphatic carbocycles. The number of hydrogen-bond donors (Lipinski definition) is 1. The van der Waals surface area contributed by atoms with E-state index in [4.69, 9.17) is 10.5 Å². The van der Waals surface area contributed by atoms with Crippen LogP contribution in [-0.2, 0) is 0 Å². The Morgan fingerprint density at radius 2 is 2.06 bits per heavy atom. The van der Waals surface area contributed by atoms with E-state index in [0.717, 1.165) is 0 Å². The van der Waals surface area contributed by atoms with E-state index in [1.165, 1.54) is 21.9 Å². The lowest BCUT2D eigenvalue weighted by atomic mass is 9.97. The highest BCUT2D eigenvalue weighted by atomic mass is 19.3. The van der Waals surface area contributed by atoms with Crippen LogP contribution in [0.2, 0.25) is 0 Å². The Morgan fingerprint density at radius 3 is 2.82 bits per heavy atom. The minimum atomic E-state index is -2.95. The van der Waals surface area contributed by atoms with Gasteiger partial charge in [-0.1, -0.05) is 0 Å². The number of ether oxygens (including phenoxy) is 2. The smallest absolute Gasteiger partial charge is 0.387 e. The van der Waals surface area contributed by atoms with Gasteiger partial charge >= 0.3 is 6.61 Å². The van der Waals surface area contributed by atoms with Gasteiger partial charge in [-0.3, -0.25) is 4.79 Å². The molecule has 3 heterocycles. The van der Waals surface area contributed by atoms with E-state index < -0.39 is 37.6 Å². The summed E-state index contributed by atoms with van der Waals surface area (Å²) in [4.78, 5) is 20.3. The molecule has 5 rings (SSSR count). The number of guanidine groups is 1. The Bertz CT molecular complexity index is 1160. The summed E-state index contributed by atoms with van der Waals surface area (Å²) in [7, 11) is 1.60. The van der Waals surface area contributed by atoms with Gasteiger partial charge in [-0.15, -0.1) is 0 Å². The minimum absolute atomic E-state index is 0.0363. The molecule has 174 valence electrons. The van der Waals surface area contributed by atoms with Crippen molar-refractivity contribution in [2.75, 3.05) is 20.2 Å². The van der Waals surface area contributed by atoms with Gasteiger partial charge in [-0.2, -0.15) is 8.78 Å². The average molecular weight is 464 g/mol. The zero-order valence-electron chi connectivity index (χ0n) is 17.5. The van der Waals surface area contributed by atoms with Gasteiger partial charge in [-0.05, 0) is 30.3 Å². The third kappa shape index (κ3) is 3.70. The number of nitrogens with zero attached hydrogens (tertiary/aromatic N) is 3. The second-order valence-electron chi connectivity index (χ2n) is 8.27. The number of carbonyl (C=O) groups is 1. The first-order valence-corrected chi connectivity index (χ1v) is 10.2. The monoisotopic (exact) mass is 464 g/mol. The largest absolute Gasteiger partial charge is 0.491 e. The molecule has 3 aliphatic rings. The lowest BCUT2D eigenvalue weighted by molar-refractivity contribution is -0.0499. The Labute approximate surface area is 186 Å². The number of aliphatic imine (C=N–C) groups is 1. The summed E-state index contributed by atoms with van der Waals surface area (Å²) in [5.74, 6) is -2.88. The molecule has 0 spiro atoms. The molecule has 0 bridgehead atoms. The molecule has 1 saturated heterocycles. The van der Waals surface area contributed by atoms with Crippen molar-refractivity contribution in [2.45, 2.75) is 31.0 Å².